The van der Waals surface area contributed by atoms with Gasteiger partial charge in [0.15, 0.2) is 4.34 Å². The van der Waals surface area contributed by atoms with Gasteiger partial charge in [-0.3, -0.25) is 9.59 Å². The van der Waals surface area contributed by atoms with E-state index in [1.807, 2.05) is 0 Å². The van der Waals surface area contributed by atoms with Gasteiger partial charge in [-0.05, 0) is 23.6 Å². The lowest BCUT2D eigenvalue weighted by molar-refractivity contribution is -0.140. The highest BCUT2D eigenvalue weighted by Gasteiger charge is 2.65. The summed E-state index contributed by atoms with van der Waals surface area (Å²) in [7, 11) is 0. The average molecular weight is 384 g/mol. The summed E-state index contributed by atoms with van der Waals surface area (Å²) in [5.74, 6) is -2.43. The fraction of sp³-hybridized carbons (Fsp3) is 0.333. The van der Waals surface area contributed by atoms with Crippen LogP contribution >= 0.6 is 34.7 Å². The van der Waals surface area contributed by atoms with E-state index < -0.39 is 23.2 Å². The summed E-state index contributed by atoms with van der Waals surface area (Å²) in [6.45, 7) is 3.57. The summed E-state index contributed by atoms with van der Waals surface area (Å²) < 4.78 is 0.776. The van der Waals surface area contributed by atoms with E-state index in [2.05, 4.69) is 15.5 Å². The lowest BCUT2D eigenvalue weighted by Gasteiger charge is -2.08. The first-order chi connectivity index (χ1) is 11.3. The van der Waals surface area contributed by atoms with Crippen LogP contribution in [-0.2, 0) is 9.59 Å². The molecule has 2 N–H and O–H groups in total. The summed E-state index contributed by atoms with van der Waals surface area (Å²) in [4.78, 5) is 24.3. The van der Waals surface area contributed by atoms with Gasteiger partial charge in [0, 0.05) is 10.6 Å². The Balaban J connectivity index is 1.69. The van der Waals surface area contributed by atoms with Crippen LogP contribution in [0.15, 0.2) is 32.9 Å². The topological polar surface area (TPSA) is 92.2 Å². The average Bonchev–Trinajstić information content (AvgIpc) is 2.83. The first kappa shape index (κ1) is 17.2. The van der Waals surface area contributed by atoms with Crippen molar-refractivity contribution in [3.63, 3.8) is 0 Å². The maximum absolute atomic E-state index is 12.3. The number of aliphatic carboxylic acids is 1. The highest BCUT2D eigenvalue weighted by atomic mass is 35.5. The van der Waals surface area contributed by atoms with Crippen molar-refractivity contribution in [2.75, 3.05) is 5.32 Å². The predicted octanol–water partition coefficient (Wildman–Crippen LogP) is 3.64. The first-order valence-electron chi connectivity index (χ1n) is 7.08. The number of amides is 1. The molecule has 0 radical (unpaired) electrons. The van der Waals surface area contributed by atoms with Crippen molar-refractivity contribution in [3.8, 4) is 0 Å². The minimum absolute atomic E-state index is 0.298. The number of anilines is 1. The van der Waals surface area contributed by atoms with Gasteiger partial charge in [0.05, 0.1) is 16.9 Å². The molecule has 0 unspecified atom stereocenters. The molecule has 0 spiro atoms. The Hall–Kier alpha value is -1.64. The molecule has 1 heterocycles. The molecule has 1 aliphatic carbocycles. The number of benzene rings is 1. The number of aromatic nitrogens is 2. The zero-order valence-corrected chi connectivity index (χ0v) is 15.2. The van der Waals surface area contributed by atoms with Crippen LogP contribution in [0.1, 0.15) is 13.8 Å². The molecule has 1 aliphatic rings. The maximum atomic E-state index is 12.3. The number of carboxylic acids is 1. The van der Waals surface area contributed by atoms with E-state index >= 15 is 0 Å². The van der Waals surface area contributed by atoms with Crippen LogP contribution in [0.3, 0.4) is 0 Å². The summed E-state index contributed by atoms with van der Waals surface area (Å²) in [5, 5.41) is 20.1. The Labute approximate surface area is 151 Å². The van der Waals surface area contributed by atoms with E-state index in [4.69, 9.17) is 16.7 Å². The molecule has 6 nitrogen and oxygen atoms in total. The van der Waals surface area contributed by atoms with Gasteiger partial charge in [0.1, 0.15) is 5.51 Å². The van der Waals surface area contributed by atoms with Crippen LogP contribution in [0, 0.1) is 17.3 Å². The third-order valence-corrected chi connectivity index (χ3v) is 6.39. The van der Waals surface area contributed by atoms with Crippen LogP contribution in [0.25, 0.3) is 0 Å². The molecule has 1 aromatic carbocycles. The maximum Gasteiger partial charge on any atom is 0.307 e. The second kappa shape index (κ2) is 6.34. The third kappa shape index (κ3) is 3.26. The van der Waals surface area contributed by atoms with Gasteiger partial charge in [-0.15, -0.1) is 10.2 Å². The number of nitrogens with one attached hydrogen (secondary N) is 1. The van der Waals surface area contributed by atoms with Crippen molar-refractivity contribution < 1.29 is 14.7 Å². The van der Waals surface area contributed by atoms with Gasteiger partial charge in [0.2, 0.25) is 5.91 Å². The number of hydrogen-bond acceptors (Lipinski definition) is 6. The number of carboxylic acid groups (broad SMARTS) is 1. The molecule has 1 fully saturated rings. The molecule has 1 saturated carbocycles. The van der Waals surface area contributed by atoms with Gasteiger partial charge in [-0.1, -0.05) is 48.5 Å². The van der Waals surface area contributed by atoms with Crippen LogP contribution < -0.4 is 5.32 Å². The molecule has 2 aromatic rings. The van der Waals surface area contributed by atoms with Crippen molar-refractivity contribution in [1.82, 2.24) is 10.2 Å². The predicted molar refractivity (Wildman–Crippen MR) is 92.5 cm³/mol. The lowest BCUT2D eigenvalue weighted by Crippen LogP contribution is -2.17. The van der Waals surface area contributed by atoms with E-state index in [0.717, 1.165) is 9.24 Å². The Kier molecular flexibility index (Phi) is 4.54. The molecule has 1 amide bonds. The van der Waals surface area contributed by atoms with Crippen LogP contribution in [0.2, 0.25) is 5.02 Å². The van der Waals surface area contributed by atoms with Crippen molar-refractivity contribution >= 4 is 52.3 Å². The monoisotopic (exact) mass is 383 g/mol. The number of rotatable bonds is 5. The fourth-order valence-electron chi connectivity index (χ4n) is 2.77. The summed E-state index contributed by atoms with van der Waals surface area (Å²) in [6, 6.07) is 5.17. The molecule has 0 saturated heterocycles. The Morgan fingerprint density at radius 1 is 1.38 bits per heavy atom. The number of carbonyl (C=O) groups is 2. The minimum Gasteiger partial charge on any atom is -0.481 e. The number of halogens is 1. The summed E-state index contributed by atoms with van der Waals surface area (Å²) in [6.07, 6.45) is 0. The number of hydrogen-bond donors (Lipinski definition) is 2. The highest BCUT2D eigenvalue weighted by Crippen LogP contribution is 2.58. The Bertz CT molecular complexity index is 795. The van der Waals surface area contributed by atoms with Crippen LogP contribution in [0.5, 0.6) is 0 Å². The highest BCUT2D eigenvalue weighted by molar-refractivity contribution is 8.01. The van der Waals surface area contributed by atoms with Crippen LogP contribution in [0.4, 0.5) is 5.69 Å². The quantitative estimate of drug-likeness (QED) is 0.818. The molecule has 0 bridgehead atoms. The number of nitrogens with zero attached hydrogens (tertiary/aromatic N) is 2. The van der Waals surface area contributed by atoms with E-state index in [9.17, 15) is 9.59 Å². The van der Waals surface area contributed by atoms with Crippen LogP contribution in [-0.4, -0.2) is 27.2 Å². The molecule has 3 rings (SSSR count). The van der Waals surface area contributed by atoms with Gasteiger partial charge in [0.25, 0.3) is 0 Å². The fourth-order valence-corrected chi connectivity index (χ4v) is 4.51. The number of carbonyl (C=O) groups excluding carboxylic acids is 1. The first-order valence-corrected chi connectivity index (χ1v) is 9.15. The second-order valence-corrected chi connectivity index (χ2v) is 8.59. The molecule has 126 valence electrons. The lowest BCUT2D eigenvalue weighted by atomic mass is 10.1. The third-order valence-electron chi connectivity index (χ3n) is 4.11. The molecular formula is C15H14ClN3O3S2. The minimum atomic E-state index is -0.943. The van der Waals surface area contributed by atoms with Gasteiger partial charge in [-0.25, -0.2) is 0 Å². The Morgan fingerprint density at radius 3 is 2.67 bits per heavy atom. The van der Waals surface area contributed by atoms with Gasteiger partial charge >= 0.3 is 5.97 Å². The standard InChI is InChI=1S/C15H14ClN3O3S2/c1-15(2)10(11(15)13(21)22)12(20)18-7-3-4-9(8(16)5-7)24-14-19-17-6-23-14/h3-6,10-11H,1-2H3,(H,18,20)(H,21,22)/t10-,11+/m1/s1. The normalized spacial score (nSPS) is 21.3. The smallest absolute Gasteiger partial charge is 0.307 e. The summed E-state index contributed by atoms with van der Waals surface area (Å²) >= 11 is 9.06. The Morgan fingerprint density at radius 2 is 2.12 bits per heavy atom. The van der Waals surface area contributed by atoms with E-state index in [1.54, 1.807) is 37.6 Å². The molecule has 9 heteroatoms. The van der Waals surface area contributed by atoms with Crippen molar-refractivity contribution in [3.05, 3.63) is 28.7 Å². The van der Waals surface area contributed by atoms with Crippen molar-refractivity contribution in [1.29, 1.82) is 0 Å². The van der Waals surface area contributed by atoms with Crippen molar-refractivity contribution in [2.45, 2.75) is 23.1 Å². The molecule has 2 atom stereocenters. The summed E-state index contributed by atoms with van der Waals surface area (Å²) in [5.41, 5.74) is 1.65. The molecule has 24 heavy (non-hydrogen) atoms. The van der Waals surface area contributed by atoms with Crippen molar-refractivity contribution in [2.24, 2.45) is 17.3 Å². The molecule has 0 aliphatic heterocycles. The molecule has 1 aromatic heterocycles. The zero-order valence-electron chi connectivity index (χ0n) is 12.8. The largest absolute Gasteiger partial charge is 0.481 e. The van der Waals surface area contributed by atoms with Gasteiger partial charge in [-0.2, -0.15) is 0 Å². The molecular weight excluding hydrogens is 370 g/mol. The van der Waals surface area contributed by atoms with E-state index in [0.29, 0.717) is 10.7 Å². The second-order valence-electron chi connectivity index (χ2n) is 6.06. The van der Waals surface area contributed by atoms with Gasteiger partial charge < -0.3 is 10.4 Å². The SMILES string of the molecule is CC1(C)[C@H](C(=O)O)[C@@H]1C(=O)Nc1ccc(Sc2nncs2)c(Cl)c1. The zero-order chi connectivity index (χ0) is 17.5. The van der Waals surface area contributed by atoms with E-state index in [-0.39, 0.29) is 5.91 Å². The van der Waals surface area contributed by atoms with E-state index in [1.165, 1.54) is 23.1 Å².